The van der Waals surface area contributed by atoms with Gasteiger partial charge in [0.25, 0.3) is 0 Å². The maximum absolute atomic E-state index is 12.2. The van der Waals surface area contributed by atoms with E-state index in [1.807, 2.05) is 78.2 Å². The first kappa shape index (κ1) is 18.9. The lowest BCUT2D eigenvalue weighted by Gasteiger charge is -2.29. The van der Waals surface area contributed by atoms with Crippen molar-refractivity contribution < 1.29 is 5.11 Å². The van der Waals surface area contributed by atoms with Gasteiger partial charge in [-0.05, 0) is 24.1 Å². The number of hydrazine groups is 3. The van der Waals surface area contributed by atoms with E-state index in [-0.39, 0.29) is 6.17 Å². The van der Waals surface area contributed by atoms with Crippen molar-refractivity contribution >= 4 is 11.2 Å². The van der Waals surface area contributed by atoms with Crippen LogP contribution in [-0.4, -0.2) is 19.6 Å². The molecule has 0 amide bonds. The topological polar surface area (TPSA) is 99.1 Å². The minimum atomic E-state index is -1.41. The van der Waals surface area contributed by atoms with Gasteiger partial charge in [-0.15, -0.1) is 0 Å². The quantitative estimate of drug-likeness (QED) is 0.348. The second-order valence-corrected chi connectivity index (χ2v) is 7.21. The number of aliphatic hydroxyl groups is 1. The van der Waals surface area contributed by atoms with E-state index in [2.05, 4.69) is 26.9 Å². The molecule has 30 heavy (non-hydrogen) atoms. The number of aromatic nitrogens is 3. The summed E-state index contributed by atoms with van der Waals surface area (Å²) >= 11 is 0. The lowest BCUT2D eigenvalue weighted by Crippen LogP contribution is -2.33. The van der Waals surface area contributed by atoms with Crippen LogP contribution in [0.3, 0.4) is 0 Å². The molecular formula is C22H23N7O. The van der Waals surface area contributed by atoms with Gasteiger partial charge in [-0.1, -0.05) is 60.7 Å². The monoisotopic (exact) mass is 401 g/mol. The van der Waals surface area contributed by atoms with Crippen LogP contribution < -0.4 is 21.9 Å². The highest BCUT2D eigenvalue weighted by atomic mass is 16.3. The molecule has 0 atom stereocenters. The van der Waals surface area contributed by atoms with E-state index in [0.717, 1.165) is 22.2 Å². The molecule has 2 aromatic carbocycles. The first-order chi connectivity index (χ1) is 14.7. The highest BCUT2D eigenvalue weighted by molar-refractivity contribution is 5.73. The number of nitrogens with one attached hydrogen (secondary N) is 4. The summed E-state index contributed by atoms with van der Waals surface area (Å²) in [6.45, 7) is 2.68. The van der Waals surface area contributed by atoms with Crippen molar-refractivity contribution in [1.82, 2.24) is 36.5 Å². The number of imidazole rings is 1. The Labute approximate surface area is 173 Å². The molecule has 0 radical (unpaired) electrons. The van der Waals surface area contributed by atoms with Crippen molar-refractivity contribution in [3.05, 3.63) is 95.4 Å². The standard InChI is InChI=1S/C22H23N7O/c1-2-29-18-13-15(19-25-27-28-26-19)14-23-20(18)24-21(29)22(30,16-9-5-3-6-10-16)17-11-7-4-8-12-17/h3-14,19,25-28,30H,2H2,1H3. The van der Waals surface area contributed by atoms with E-state index < -0.39 is 5.60 Å². The molecule has 8 heteroatoms. The van der Waals surface area contributed by atoms with E-state index >= 15 is 0 Å². The molecule has 0 aliphatic carbocycles. The minimum Gasteiger partial charge on any atom is -0.373 e. The van der Waals surface area contributed by atoms with Gasteiger partial charge in [0, 0.05) is 18.3 Å². The number of hydrogen-bond acceptors (Lipinski definition) is 7. The van der Waals surface area contributed by atoms with Gasteiger partial charge < -0.3 is 9.67 Å². The molecule has 8 nitrogen and oxygen atoms in total. The average Bonchev–Trinajstić information content (AvgIpc) is 3.47. The third kappa shape index (κ3) is 2.98. The van der Waals surface area contributed by atoms with Crippen LogP contribution in [0.15, 0.2) is 72.9 Å². The number of hydrogen-bond donors (Lipinski definition) is 5. The van der Waals surface area contributed by atoms with E-state index in [0.29, 0.717) is 18.0 Å². The molecule has 0 spiro atoms. The highest BCUT2D eigenvalue weighted by Gasteiger charge is 2.39. The molecule has 1 saturated heterocycles. The molecule has 152 valence electrons. The van der Waals surface area contributed by atoms with Crippen molar-refractivity contribution in [3.63, 3.8) is 0 Å². The zero-order valence-electron chi connectivity index (χ0n) is 16.5. The Hall–Kier alpha value is -3.14. The van der Waals surface area contributed by atoms with Crippen LogP contribution in [0.2, 0.25) is 0 Å². The molecular weight excluding hydrogens is 378 g/mol. The van der Waals surface area contributed by atoms with Crippen molar-refractivity contribution in [2.24, 2.45) is 0 Å². The van der Waals surface area contributed by atoms with Gasteiger partial charge in [0.15, 0.2) is 17.1 Å². The summed E-state index contributed by atoms with van der Waals surface area (Å²) in [5.74, 6) is 0.547. The van der Waals surface area contributed by atoms with Gasteiger partial charge >= 0.3 is 0 Å². The Balaban J connectivity index is 1.74. The molecule has 1 aliphatic heterocycles. The predicted octanol–water partition coefficient (Wildman–Crippen LogP) is 1.85. The van der Waals surface area contributed by atoms with Crippen LogP contribution in [0.1, 0.15) is 35.6 Å². The summed E-state index contributed by atoms with van der Waals surface area (Å²) in [4.78, 5) is 9.38. The van der Waals surface area contributed by atoms with Gasteiger partial charge in [0.05, 0.1) is 5.52 Å². The summed E-state index contributed by atoms with van der Waals surface area (Å²) in [5, 5.41) is 12.2. The van der Waals surface area contributed by atoms with Crippen molar-refractivity contribution in [3.8, 4) is 0 Å². The van der Waals surface area contributed by atoms with Crippen LogP contribution in [0.4, 0.5) is 0 Å². The minimum absolute atomic E-state index is 0.132. The first-order valence-corrected chi connectivity index (χ1v) is 9.93. The van der Waals surface area contributed by atoms with Gasteiger partial charge in [-0.25, -0.2) is 20.8 Å². The van der Waals surface area contributed by atoms with Crippen LogP contribution in [0.5, 0.6) is 0 Å². The molecule has 4 aromatic rings. The van der Waals surface area contributed by atoms with Gasteiger partial charge in [-0.3, -0.25) is 0 Å². The van der Waals surface area contributed by atoms with E-state index in [1.165, 1.54) is 0 Å². The van der Waals surface area contributed by atoms with Crippen molar-refractivity contribution in [2.75, 3.05) is 0 Å². The van der Waals surface area contributed by atoms with Crippen LogP contribution in [0, 0.1) is 0 Å². The molecule has 2 aromatic heterocycles. The van der Waals surface area contributed by atoms with Gasteiger partial charge in [-0.2, -0.15) is 11.1 Å². The second kappa shape index (κ2) is 7.60. The summed E-state index contributed by atoms with van der Waals surface area (Å²) in [6.07, 6.45) is 1.65. The molecule has 1 aliphatic rings. The van der Waals surface area contributed by atoms with E-state index in [9.17, 15) is 5.11 Å². The summed E-state index contributed by atoms with van der Waals surface area (Å²) in [6, 6.07) is 21.3. The summed E-state index contributed by atoms with van der Waals surface area (Å²) < 4.78 is 2.03. The largest absolute Gasteiger partial charge is 0.373 e. The zero-order valence-corrected chi connectivity index (χ0v) is 16.5. The van der Waals surface area contributed by atoms with Crippen LogP contribution >= 0.6 is 0 Å². The maximum atomic E-state index is 12.2. The fourth-order valence-electron chi connectivity index (χ4n) is 3.98. The number of aryl methyl sites for hydroxylation is 1. The molecule has 3 heterocycles. The van der Waals surface area contributed by atoms with Crippen LogP contribution in [-0.2, 0) is 12.1 Å². The van der Waals surface area contributed by atoms with Crippen molar-refractivity contribution in [1.29, 1.82) is 0 Å². The second-order valence-electron chi connectivity index (χ2n) is 7.21. The Bertz CT molecular complexity index is 1110. The Kier molecular flexibility index (Phi) is 4.78. The molecule has 0 saturated carbocycles. The molecule has 0 unspecified atom stereocenters. The fraction of sp³-hybridized carbons (Fsp3) is 0.182. The predicted molar refractivity (Wildman–Crippen MR) is 113 cm³/mol. The highest BCUT2D eigenvalue weighted by Crippen LogP contribution is 2.37. The number of fused-ring (bicyclic) bond motifs is 1. The first-order valence-electron chi connectivity index (χ1n) is 9.93. The lowest BCUT2D eigenvalue weighted by molar-refractivity contribution is 0.112. The SMILES string of the molecule is CCn1c(C(O)(c2ccccc2)c2ccccc2)nc2ncc(C3NNNN3)cc21. The van der Waals surface area contributed by atoms with Crippen molar-refractivity contribution in [2.45, 2.75) is 25.2 Å². The summed E-state index contributed by atoms with van der Waals surface area (Å²) in [5.41, 5.74) is 14.3. The van der Waals surface area contributed by atoms with E-state index in [1.54, 1.807) is 6.20 Å². The third-order valence-corrected chi connectivity index (χ3v) is 5.48. The fourth-order valence-corrected chi connectivity index (χ4v) is 3.98. The maximum Gasteiger partial charge on any atom is 0.178 e. The number of pyridine rings is 1. The Morgan fingerprint density at radius 3 is 2.13 bits per heavy atom. The van der Waals surface area contributed by atoms with E-state index in [4.69, 9.17) is 4.98 Å². The lowest BCUT2D eigenvalue weighted by atomic mass is 9.85. The number of benzene rings is 2. The Morgan fingerprint density at radius 1 is 0.967 bits per heavy atom. The Morgan fingerprint density at radius 2 is 1.57 bits per heavy atom. The third-order valence-electron chi connectivity index (χ3n) is 5.48. The smallest absolute Gasteiger partial charge is 0.178 e. The molecule has 5 rings (SSSR count). The van der Waals surface area contributed by atoms with Gasteiger partial charge in [0.1, 0.15) is 6.17 Å². The molecule has 0 bridgehead atoms. The zero-order chi connectivity index (χ0) is 20.6. The molecule has 5 N–H and O–H groups in total. The summed E-state index contributed by atoms with van der Waals surface area (Å²) in [7, 11) is 0. The van der Waals surface area contributed by atoms with Gasteiger partial charge in [0.2, 0.25) is 0 Å². The number of nitrogens with zero attached hydrogens (tertiary/aromatic N) is 3. The average molecular weight is 401 g/mol. The molecule has 1 fully saturated rings. The number of rotatable bonds is 5. The van der Waals surface area contributed by atoms with Crippen LogP contribution in [0.25, 0.3) is 11.2 Å². The normalized spacial score (nSPS) is 15.1.